The van der Waals surface area contributed by atoms with Crippen molar-refractivity contribution in [3.8, 4) is 0 Å². The Kier molecular flexibility index (Phi) is 11.8. The predicted molar refractivity (Wildman–Crippen MR) is 207 cm³/mol. The Labute approximate surface area is 312 Å². The summed E-state index contributed by atoms with van der Waals surface area (Å²) in [6, 6.07) is 0. The molecule has 0 bridgehead atoms. The third kappa shape index (κ3) is 6.99. The fourth-order valence-electron chi connectivity index (χ4n) is 14.3. The maximum Gasteiger partial charge on any atom is 0.309 e. The zero-order valence-electron chi connectivity index (χ0n) is 32.9. The smallest absolute Gasteiger partial charge is 0.309 e. The van der Waals surface area contributed by atoms with E-state index in [9.17, 15) is 14.7 Å². The summed E-state index contributed by atoms with van der Waals surface area (Å²) in [5.41, 5.74) is 1.46. The number of carboxylic acids is 1. The maximum atomic E-state index is 13.2. The van der Waals surface area contributed by atoms with Crippen LogP contribution in [0.25, 0.3) is 0 Å². The topological polar surface area (TPSA) is 78.9 Å². The molecule has 13 atom stereocenters. The van der Waals surface area contributed by atoms with Gasteiger partial charge in [-0.1, -0.05) is 81.1 Å². The summed E-state index contributed by atoms with van der Waals surface area (Å²) in [5.74, 6) is 2.78. The van der Waals surface area contributed by atoms with E-state index >= 15 is 0 Å². The van der Waals surface area contributed by atoms with Crippen molar-refractivity contribution >= 4 is 11.9 Å². The van der Waals surface area contributed by atoms with Crippen molar-refractivity contribution in [2.24, 2.45) is 69.5 Å². The Morgan fingerprint density at radius 1 is 0.725 bits per heavy atom. The summed E-state index contributed by atoms with van der Waals surface area (Å²) in [5, 5.41) is 13.7. The second-order valence-corrected chi connectivity index (χ2v) is 20.3. The van der Waals surface area contributed by atoms with Crippen LogP contribution in [0.1, 0.15) is 165 Å². The molecule has 0 aromatic heterocycles. The van der Waals surface area contributed by atoms with Crippen molar-refractivity contribution in [1.29, 1.82) is 0 Å². The third-order valence-corrected chi connectivity index (χ3v) is 18.0. The van der Waals surface area contributed by atoms with Gasteiger partial charge in [-0.05, 0) is 154 Å². The van der Waals surface area contributed by atoms with E-state index in [1.165, 1.54) is 122 Å². The molecule has 0 aromatic rings. The number of nitrogens with one attached hydrogen (secondary N) is 1. The number of carbonyl (C=O) groups is 2. The van der Waals surface area contributed by atoms with E-state index in [-0.39, 0.29) is 31.3 Å². The number of carbonyl (C=O) groups excluding carboxylic acids is 1. The lowest BCUT2D eigenvalue weighted by atomic mass is 9.34. The normalized spacial score (nSPS) is 47.7. The number of nitrogens with zero attached hydrogens (tertiary/aromatic N) is 1. The van der Waals surface area contributed by atoms with Crippen LogP contribution in [0.15, 0.2) is 0 Å². The molecule has 6 heteroatoms. The number of ether oxygens (including phenoxy) is 1. The maximum absolute atomic E-state index is 13.2. The van der Waals surface area contributed by atoms with Crippen LogP contribution in [0.3, 0.4) is 0 Å². The minimum atomic E-state index is -0.775. The summed E-state index contributed by atoms with van der Waals surface area (Å²) < 4.78 is 6.26. The van der Waals surface area contributed by atoms with Gasteiger partial charge in [0.2, 0.25) is 0 Å². The molecule has 7 saturated carbocycles. The van der Waals surface area contributed by atoms with Gasteiger partial charge in [0.25, 0.3) is 0 Å². The first-order valence-corrected chi connectivity index (χ1v) is 21.7. The molecular weight excluding hydrogens is 633 g/mol. The summed E-state index contributed by atoms with van der Waals surface area (Å²) in [4.78, 5) is 27.4. The molecule has 11 unspecified atom stereocenters. The van der Waals surface area contributed by atoms with Crippen LogP contribution in [-0.2, 0) is 14.3 Å². The number of hydrogen-bond donors (Lipinski definition) is 2. The van der Waals surface area contributed by atoms with E-state index in [1.54, 1.807) is 0 Å². The van der Waals surface area contributed by atoms with Crippen LogP contribution in [0.5, 0.6) is 0 Å². The largest absolute Gasteiger partial charge is 0.481 e. The highest BCUT2D eigenvalue weighted by Gasteiger charge is 2.69. The Morgan fingerprint density at radius 3 is 2.08 bits per heavy atom. The zero-order valence-corrected chi connectivity index (χ0v) is 32.9. The number of likely N-dealkylation sites (tertiary alicyclic amines) is 1. The summed E-state index contributed by atoms with van der Waals surface area (Å²) >= 11 is 0. The van der Waals surface area contributed by atoms with Crippen molar-refractivity contribution in [2.75, 3.05) is 26.2 Å². The van der Waals surface area contributed by atoms with Crippen molar-refractivity contribution in [2.45, 2.75) is 176 Å². The molecule has 51 heavy (non-hydrogen) atoms. The van der Waals surface area contributed by atoms with Gasteiger partial charge in [-0.15, -0.1) is 0 Å². The zero-order chi connectivity index (χ0) is 35.5. The molecule has 0 aromatic carbocycles. The summed E-state index contributed by atoms with van der Waals surface area (Å²) in [6.07, 6.45) is 23.4. The number of esters is 1. The van der Waals surface area contributed by atoms with Gasteiger partial charge in [-0.2, -0.15) is 0 Å². The number of hydrogen-bond acceptors (Lipinski definition) is 5. The highest BCUT2D eigenvalue weighted by atomic mass is 16.5. The van der Waals surface area contributed by atoms with Crippen LogP contribution >= 0.6 is 0 Å². The van der Waals surface area contributed by atoms with Crippen LogP contribution in [0.2, 0.25) is 0 Å². The molecule has 0 radical (unpaired) electrons. The molecule has 8 fully saturated rings. The number of fused-ring (bicyclic) bond motifs is 7. The Bertz CT molecular complexity index is 1230. The Hall–Kier alpha value is -1.14. The Morgan fingerprint density at radius 2 is 1.43 bits per heavy atom. The number of carboxylic acid groups (broad SMARTS) is 1. The quantitative estimate of drug-likeness (QED) is 0.256. The van der Waals surface area contributed by atoms with Crippen molar-refractivity contribution < 1.29 is 19.4 Å². The minimum absolute atomic E-state index is 0. The third-order valence-electron chi connectivity index (χ3n) is 18.0. The lowest BCUT2D eigenvalue weighted by Gasteiger charge is -2.71. The van der Waals surface area contributed by atoms with Gasteiger partial charge in [0.15, 0.2) is 0 Å². The van der Waals surface area contributed by atoms with E-state index in [2.05, 4.69) is 44.8 Å². The van der Waals surface area contributed by atoms with E-state index < -0.39 is 11.9 Å². The van der Waals surface area contributed by atoms with Gasteiger partial charge < -0.3 is 20.1 Å². The molecule has 0 spiro atoms. The highest BCUT2D eigenvalue weighted by molar-refractivity contribution is 5.80. The van der Waals surface area contributed by atoms with E-state index in [1.807, 2.05) is 6.92 Å². The summed E-state index contributed by atoms with van der Waals surface area (Å²) in [6.45, 7) is 19.7. The highest BCUT2D eigenvalue weighted by Crippen LogP contribution is 2.75. The average molecular weight is 711 g/mol. The molecule has 1 aliphatic heterocycles. The second-order valence-electron chi connectivity index (χ2n) is 20.3. The van der Waals surface area contributed by atoms with Crippen molar-refractivity contribution in [1.82, 2.24) is 10.2 Å². The first-order valence-electron chi connectivity index (χ1n) is 21.7. The van der Waals surface area contributed by atoms with Gasteiger partial charge in [0, 0.05) is 18.6 Å². The van der Waals surface area contributed by atoms with Crippen LogP contribution in [0.4, 0.5) is 0 Å². The first kappa shape index (κ1) is 39.6. The van der Waals surface area contributed by atoms with E-state index in [0.717, 1.165) is 36.5 Å². The van der Waals surface area contributed by atoms with Gasteiger partial charge in [0.1, 0.15) is 6.10 Å². The van der Waals surface area contributed by atoms with E-state index in [4.69, 9.17) is 4.74 Å². The molecule has 1 saturated heterocycles. The molecule has 6 nitrogen and oxygen atoms in total. The van der Waals surface area contributed by atoms with Crippen LogP contribution < -0.4 is 5.32 Å². The summed E-state index contributed by atoms with van der Waals surface area (Å²) in [7, 11) is 0. The molecule has 1 heterocycles. The Balaban J connectivity index is 0.000000839. The predicted octanol–water partition coefficient (Wildman–Crippen LogP) is 9.99. The number of aliphatic carboxylic acids is 1. The fourth-order valence-corrected chi connectivity index (χ4v) is 14.3. The van der Waals surface area contributed by atoms with Crippen molar-refractivity contribution in [3.63, 3.8) is 0 Å². The lowest BCUT2D eigenvalue weighted by Crippen LogP contribution is -2.67. The SMILES string of the molecule is C.CC1C(C(=O)O)CC1C(=O)OC1CCC2(C)C(CCC3(C)C2CCC2[C@H]4CCCC4(NCCN4CCCCCC4)CC[C@]23C)C1C.CC1CC1. The standard InChI is InChI=1S/C40H66N2O4.C4H8.CH4/c1-26-28(35(43)44)25-29(26)36(45)46-33-15-17-37(3)30(27(33)2)14-18-39(5)34(37)13-12-31-32-11-10-16-40(32,20-19-38(31,39)4)41-21-24-42-22-8-6-7-9-23-42;1-4-2-3-4;/h26-34,41H,6-25H2,1-5H3,(H,43,44);4H,2-3H2,1H3;1H4/t26?,27?,28?,29?,30?,31?,32-,33?,34?,37?,38-,39?,40?;;/m1../s1. The van der Waals surface area contributed by atoms with Gasteiger partial charge >= 0.3 is 11.9 Å². The molecule has 0 amide bonds. The molecular formula is C45H78N2O4. The van der Waals surface area contributed by atoms with E-state index in [0.29, 0.717) is 40.0 Å². The minimum Gasteiger partial charge on any atom is -0.481 e. The molecule has 7 aliphatic carbocycles. The monoisotopic (exact) mass is 711 g/mol. The molecule has 8 aliphatic rings. The molecule has 8 rings (SSSR count). The van der Waals surface area contributed by atoms with Crippen LogP contribution in [0, 0.1) is 69.5 Å². The second kappa shape index (κ2) is 15.2. The first-order chi connectivity index (χ1) is 23.8. The van der Waals surface area contributed by atoms with Gasteiger partial charge in [0.05, 0.1) is 11.8 Å². The molecule has 292 valence electrons. The lowest BCUT2D eigenvalue weighted by molar-refractivity contribution is -0.231. The number of rotatable bonds is 7. The van der Waals surface area contributed by atoms with Gasteiger partial charge in [-0.25, -0.2) is 0 Å². The fraction of sp³-hybridized carbons (Fsp3) is 0.956. The average Bonchev–Trinajstić information content (AvgIpc) is 3.81. The van der Waals surface area contributed by atoms with Crippen molar-refractivity contribution in [3.05, 3.63) is 0 Å². The molecule has 2 N–H and O–H groups in total. The van der Waals surface area contributed by atoms with Crippen LogP contribution in [-0.4, -0.2) is 59.8 Å². The van der Waals surface area contributed by atoms with Gasteiger partial charge in [-0.3, -0.25) is 9.59 Å².